The first kappa shape index (κ1) is 37.4. The molecule has 1 atom stereocenters. The summed E-state index contributed by atoms with van der Waals surface area (Å²) in [6.07, 6.45) is 10.3. The first-order valence-corrected chi connectivity index (χ1v) is 20.8. The molecule has 2 spiro atoms. The first-order chi connectivity index (χ1) is 24.9. The third-order valence-electron chi connectivity index (χ3n) is 12.5. The van der Waals surface area contributed by atoms with Crippen LogP contribution >= 0.6 is 0 Å². The van der Waals surface area contributed by atoms with Crippen LogP contribution in [0.2, 0.25) is 0 Å². The van der Waals surface area contributed by atoms with E-state index in [9.17, 15) is 17.6 Å². The number of hydrogen-bond acceptors (Lipinski definition) is 9. The third-order valence-corrected chi connectivity index (χ3v) is 14.5. The number of ether oxygens (including phenoxy) is 1. The second-order valence-electron chi connectivity index (χ2n) is 16.7. The minimum absolute atomic E-state index is 0.0668. The van der Waals surface area contributed by atoms with Crippen molar-refractivity contribution in [3.05, 3.63) is 42.1 Å². The molecule has 2 aromatic rings. The van der Waals surface area contributed by atoms with Gasteiger partial charge in [0.2, 0.25) is 0 Å². The second kappa shape index (κ2) is 15.1. The van der Waals surface area contributed by atoms with Gasteiger partial charge in [-0.25, -0.2) is 14.4 Å². The molecule has 286 valence electrons. The predicted molar refractivity (Wildman–Crippen MR) is 199 cm³/mol. The second-order valence-corrected chi connectivity index (χ2v) is 18.6. The molecular formula is C38H57FN8O4S. The molecule has 0 radical (unpaired) electrons. The average molecular weight is 741 g/mol. The lowest BCUT2D eigenvalue weighted by molar-refractivity contribution is -0.0415. The zero-order chi connectivity index (χ0) is 36.7. The lowest BCUT2D eigenvalue weighted by atomic mass is 9.72. The summed E-state index contributed by atoms with van der Waals surface area (Å²) < 4.78 is 51.5. The number of anilines is 1. The van der Waals surface area contributed by atoms with Gasteiger partial charge in [0.1, 0.15) is 17.9 Å². The Morgan fingerprint density at radius 1 is 0.942 bits per heavy atom. The topological polar surface area (TPSA) is 114 Å². The van der Waals surface area contributed by atoms with Gasteiger partial charge in [-0.15, -0.1) is 0 Å². The highest BCUT2D eigenvalue weighted by Gasteiger charge is 2.48. The predicted octanol–water partition coefficient (Wildman–Crippen LogP) is 4.60. The molecule has 5 aliphatic heterocycles. The number of likely N-dealkylation sites (tertiary alicyclic amines) is 1. The molecular weight excluding hydrogens is 684 g/mol. The molecule has 7 rings (SSSR count). The Balaban J connectivity index is 0.911. The van der Waals surface area contributed by atoms with Gasteiger partial charge in [0, 0.05) is 71.0 Å². The number of benzene rings is 1. The van der Waals surface area contributed by atoms with Crippen LogP contribution in [0, 0.1) is 22.6 Å². The van der Waals surface area contributed by atoms with E-state index in [0.29, 0.717) is 49.1 Å². The first-order valence-electron chi connectivity index (χ1n) is 19.4. The Kier molecular flexibility index (Phi) is 10.8. The number of piperidine rings is 3. The number of amides is 1. The minimum Gasteiger partial charge on any atom is -0.451 e. The van der Waals surface area contributed by atoms with Gasteiger partial charge in [-0.05, 0) is 121 Å². The van der Waals surface area contributed by atoms with Gasteiger partial charge in [0.15, 0.2) is 11.6 Å². The highest BCUT2D eigenvalue weighted by Crippen LogP contribution is 2.44. The number of hydrogen-bond donors (Lipinski definition) is 1. The quantitative estimate of drug-likeness (QED) is 0.374. The fraction of sp³-hybridized carbons (Fsp3) is 0.711. The monoisotopic (exact) mass is 740 g/mol. The molecule has 5 fully saturated rings. The molecule has 0 saturated carbocycles. The molecule has 5 saturated heterocycles. The van der Waals surface area contributed by atoms with Crippen LogP contribution in [0.25, 0.3) is 0 Å². The van der Waals surface area contributed by atoms with E-state index in [1.54, 1.807) is 19.7 Å². The van der Waals surface area contributed by atoms with Crippen LogP contribution in [0.1, 0.15) is 83.0 Å². The van der Waals surface area contributed by atoms with Gasteiger partial charge in [-0.2, -0.15) is 17.0 Å². The Morgan fingerprint density at radius 2 is 1.58 bits per heavy atom. The molecule has 52 heavy (non-hydrogen) atoms. The lowest BCUT2D eigenvalue weighted by Gasteiger charge is -2.55. The van der Waals surface area contributed by atoms with Gasteiger partial charge in [-0.3, -0.25) is 4.79 Å². The van der Waals surface area contributed by atoms with Gasteiger partial charge < -0.3 is 24.8 Å². The lowest BCUT2D eigenvalue weighted by Crippen LogP contribution is -2.62. The summed E-state index contributed by atoms with van der Waals surface area (Å²) in [5, 5.41) is 3.45. The SMILES string of the molecule is CC(C)N(C(=O)c1cc(F)ccc1Oc1cncnc1N1CC[C@@H](CN2CC3(CCN(S(=O)(=O)N4CCC5(CCNCC5)CC4)CC3)C2)C1)C(C)C. The Labute approximate surface area is 309 Å². The molecule has 0 bridgehead atoms. The van der Waals surface area contributed by atoms with Gasteiger partial charge >= 0.3 is 0 Å². The maximum absolute atomic E-state index is 14.4. The summed E-state index contributed by atoms with van der Waals surface area (Å²) >= 11 is 0. The summed E-state index contributed by atoms with van der Waals surface area (Å²) in [6, 6.07) is 3.91. The molecule has 14 heteroatoms. The number of carbonyl (C=O) groups excluding carboxylic acids is 1. The number of carbonyl (C=O) groups is 1. The van der Waals surface area contributed by atoms with E-state index in [-0.39, 0.29) is 34.7 Å². The van der Waals surface area contributed by atoms with Crippen LogP contribution in [0.15, 0.2) is 30.7 Å². The number of nitrogens with one attached hydrogen (secondary N) is 1. The fourth-order valence-corrected chi connectivity index (χ4v) is 11.2. The van der Waals surface area contributed by atoms with Gasteiger partial charge in [0.05, 0.1) is 11.8 Å². The van der Waals surface area contributed by atoms with E-state index in [2.05, 4.69) is 25.1 Å². The fourth-order valence-electron chi connectivity index (χ4n) is 9.59. The maximum Gasteiger partial charge on any atom is 0.281 e. The highest BCUT2D eigenvalue weighted by atomic mass is 32.2. The molecule has 6 heterocycles. The standard InChI is InChI=1S/C38H57FN8O4S/c1-28(2)47(29(3)4)36(48)32-21-31(39)5-6-33(32)51-34-22-41-27-42-35(34)44-16-7-30(24-44)23-43-25-38(26-43)12-19-46(20-13-38)52(49,50)45-17-10-37(11-18-45)8-14-40-15-9-37/h5-6,21-22,27-30,40H,7-20,23-26H2,1-4H3/t30-/m0/s1. The number of aromatic nitrogens is 2. The molecule has 1 amide bonds. The van der Waals surface area contributed by atoms with Crippen LogP contribution in [0.4, 0.5) is 10.2 Å². The van der Waals surface area contributed by atoms with Crippen molar-refractivity contribution in [2.75, 3.05) is 76.9 Å². The van der Waals surface area contributed by atoms with Gasteiger partial charge in [0.25, 0.3) is 16.1 Å². The number of rotatable bonds is 10. The molecule has 0 unspecified atom stereocenters. The molecule has 12 nitrogen and oxygen atoms in total. The van der Waals surface area contributed by atoms with Crippen molar-refractivity contribution in [2.24, 2.45) is 16.7 Å². The zero-order valence-corrected chi connectivity index (χ0v) is 32.2. The molecule has 1 aromatic carbocycles. The van der Waals surface area contributed by atoms with Crippen molar-refractivity contribution in [1.82, 2.24) is 33.7 Å². The van der Waals surface area contributed by atoms with Gasteiger partial charge in [-0.1, -0.05) is 0 Å². The Bertz CT molecular complexity index is 1670. The Morgan fingerprint density at radius 3 is 2.21 bits per heavy atom. The van der Waals surface area contributed by atoms with Crippen LogP contribution < -0.4 is 15.0 Å². The number of halogens is 1. The van der Waals surface area contributed by atoms with Crippen LogP contribution in [-0.4, -0.2) is 127 Å². The normalized spacial score (nSPS) is 24.1. The van der Waals surface area contributed by atoms with Crippen molar-refractivity contribution in [1.29, 1.82) is 0 Å². The molecule has 1 N–H and O–H groups in total. The van der Waals surface area contributed by atoms with E-state index in [4.69, 9.17) is 4.74 Å². The van der Waals surface area contributed by atoms with Crippen LogP contribution in [0.3, 0.4) is 0 Å². The zero-order valence-electron chi connectivity index (χ0n) is 31.4. The van der Waals surface area contributed by atoms with E-state index in [0.717, 1.165) is 90.8 Å². The van der Waals surface area contributed by atoms with E-state index < -0.39 is 16.0 Å². The van der Waals surface area contributed by atoms with Crippen LogP contribution in [-0.2, 0) is 10.2 Å². The molecule has 1 aromatic heterocycles. The van der Waals surface area contributed by atoms with Crippen LogP contribution in [0.5, 0.6) is 11.5 Å². The van der Waals surface area contributed by atoms with E-state index >= 15 is 0 Å². The maximum atomic E-state index is 14.4. The summed E-state index contributed by atoms with van der Waals surface area (Å²) in [7, 11) is -3.41. The number of nitrogens with zero attached hydrogens (tertiary/aromatic N) is 7. The largest absolute Gasteiger partial charge is 0.451 e. The summed E-state index contributed by atoms with van der Waals surface area (Å²) in [5.41, 5.74) is 0.714. The van der Waals surface area contributed by atoms with Crippen molar-refractivity contribution in [3.63, 3.8) is 0 Å². The van der Waals surface area contributed by atoms with E-state index in [1.807, 2.05) is 27.7 Å². The minimum atomic E-state index is -3.41. The van der Waals surface area contributed by atoms with E-state index in [1.165, 1.54) is 24.5 Å². The highest BCUT2D eigenvalue weighted by molar-refractivity contribution is 7.86. The Hall–Kier alpha value is -2.91. The van der Waals surface area contributed by atoms with Crippen molar-refractivity contribution >= 4 is 21.9 Å². The summed E-state index contributed by atoms with van der Waals surface area (Å²) in [5.74, 6) is 1.04. The van der Waals surface area contributed by atoms with Crippen molar-refractivity contribution in [3.8, 4) is 11.5 Å². The smallest absolute Gasteiger partial charge is 0.281 e. The van der Waals surface area contributed by atoms with Crippen molar-refractivity contribution < 1.29 is 22.3 Å². The average Bonchev–Trinajstić information content (AvgIpc) is 3.57. The molecule has 0 aliphatic carbocycles. The summed E-state index contributed by atoms with van der Waals surface area (Å²) in [6.45, 7) is 17.1. The third kappa shape index (κ3) is 7.69. The molecule has 5 aliphatic rings. The summed E-state index contributed by atoms with van der Waals surface area (Å²) in [4.78, 5) is 28.9. The van der Waals surface area contributed by atoms with Crippen molar-refractivity contribution in [2.45, 2.75) is 84.7 Å².